The highest BCUT2D eigenvalue weighted by molar-refractivity contribution is 6.34. The number of carbonyl (C=O) groups is 2. The fourth-order valence-electron chi connectivity index (χ4n) is 3.02. The Morgan fingerprint density at radius 3 is 2.64 bits per heavy atom. The SMILES string of the molecule is CC(C)C(=O)Cc1ccc(NC(=O)/C=C/c2cn(C)c3ccccc23)c(Cl)c1. The minimum atomic E-state index is -0.263. The monoisotopic (exact) mass is 394 g/mol. The maximum atomic E-state index is 12.3. The molecule has 1 heterocycles. The number of nitrogens with zero attached hydrogens (tertiary/aromatic N) is 1. The average Bonchev–Trinajstić information content (AvgIpc) is 2.98. The fourth-order valence-corrected chi connectivity index (χ4v) is 3.27. The summed E-state index contributed by atoms with van der Waals surface area (Å²) in [7, 11) is 1.98. The lowest BCUT2D eigenvalue weighted by Gasteiger charge is -2.08. The topological polar surface area (TPSA) is 51.1 Å². The van der Waals surface area contributed by atoms with Crippen molar-refractivity contribution in [2.24, 2.45) is 13.0 Å². The first kappa shape index (κ1) is 19.9. The molecule has 1 amide bonds. The van der Waals surface area contributed by atoms with E-state index in [1.807, 2.05) is 62.0 Å². The second-order valence-electron chi connectivity index (χ2n) is 7.15. The van der Waals surface area contributed by atoms with E-state index in [0.29, 0.717) is 17.1 Å². The number of aromatic nitrogens is 1. The molecule has 3 rings (SSSR count). The summed E-state index contributed by atoms with van der Waals surface area (Å²) in [5.74, 6) is -0.121. The molecule has 5 heteroatoms. The Kier molecular flexibility index (Phi) is 6.00. The van der Waals surface area contributed by atoms with Crippen molar-refractivity contribution in [3.05, 3.63) is 70.9 Å². The highest BCUT2D eigenvalue weighted by atomic mass is 35.5. The van der Waals surface area contributed by atoms with E-state index < -0.39 is 0 Å². The van der Waals surface area contributed by atoms with Crippen LogP contribution in [0.5, 0.6) is 0 Å². The predicted octanol–water partition coefficient (Wildman–Crippen LogP) is 5.25. The molecule has 144 valence electrons. The van der Waals surface area contributed by atoms with Crippen LogP contribution in [-0.2, 0) is 23.1 Å². The highest BCUT2D eigenvalue weighted by Gasteiger charge is 2.11. The van der Waals surface area contributed by atoms with Gasteiger partial charge >= 0.3 is 0 Å². The number of hydrogen-bond acceptors (Lipinski definition) is 2. The molecule has 4 nitrogen and oxygen atoms in total. The Labute approximate surface area is 169 Å². The van der Waals surface area contributed by atoms with Gasteiger partial charge in [-0.1, -0.05) is 49.7 Å². The van der Waals surface area contributed by atoms with Crippen molar-refractivity contribution in [3.63, 3.8) is 0 Å². The number of nitrogens with one attached hydrogen (secondary N) is 1. The van der Waals surface area contributed by atoms with Gasteiger partial charge in [0.2, 0.25) is 5.91 Å². The highest BCUT2D eigenvalue weighted by Crippen LogP contribution is 2.25. The third kappa shape index (κ3) is 4.52. The van der Waals surface area contributed by atoms with E-state index in [4.69, 9.17) is 11.6 Å². The zero-order valence-corrected chi connectivity index (χ0v) is 17.0. The van der Waals surface area contributed by atoms with Gasteiger partial charge in [0.25, 0.3) is 0 Å². The third-order valence-corrected chi connectivity index (χ3v) is 4.97. The molecule has 0 aliphatic heterocycles. The molecule has 1 N–H and O–H groups in total. The van der Waals surface area contributed by atoms with Crippen molar-refractivity contribution in [3.8, 4) is 0 Å². The van der Waals surface area contributed by atoms with Gasteiger partial charge in [0, 0.05) is 48.1 Å². The molecule has 0 unspecified atom stereocenters. The van der Waals surface area contributed by atoms with Gasteiger partial charge in [-0.3, -0.25) is 9.59 Å². The van der Waals surface area contributed by atoms with Crippen LogP contribution < -0.4 is 5.32 Å². The molecule has 0 radical (unpaired) electrons. The van der Waals surface area contributed by atoms with Crippen LogP contribution in [0.4, 0.5) is 5.69 Å². The lowest BCUT2D eigenvalue weighted by atomic mass is 10.0. The molecular formula is C23H23ClN2O2. The summed E-state index contributed by atoms with van der Waals surface area (Å²) in [6.07, 6.45) is 5.62. The van der Waals surface area contributed by atoms with Gasteiger partial charge in [-0.2, -0.15) is 0 Å². The number of benzene rings is 2. The summed E-state index contributed by atoms with van der Waals surface area (Å²) < 4.78 is 2.03. The van der Waals surface area contributed by atoms with Gasteiger partial charge in [-0.15, -0.1) is 0 Å². The first-order chi connectivity index (χ1) is 13.3. The Bertz CT molecular complexity index is 1060. The fraction of sp³-hybridized carbons (Fsp3) is 0.217. The smallest absolute Gasteiger partial charge is 0.248 e. The van der Waals surface area contributed by atoms with Crippen LogP contribution in [0.1, 0.15) is 25.0 Å². The van der Waals surface area contributed by atoms with E-state index in [2.05, 4.69) is 5.32 Å². The van der Waals surface area contributed by atoms with E-state index in [1.165, 1.54) is 6.08 Å². The average molecular weight is 395 g/mol. The van der Waals surface area contributed by atoms with Crippen LogP contribution >= 0.6 is 11.6 Å². The summed E-state index contributed by atoms with van der Waals surface area (Å²) in [4.78, 5) is 24.2. The number of ketones is 1. The van der Waals surface area contributed by atoms with E-state index in [9.17, 15) is 9.59 Å². The number of hydrogen-bond donors (Lipinski definition) is 1. The maximum absolute atomic E-state index is 12.3. The summed E-state index contributed by atoms with van der Waals surface area (Å²) in [5, 5.41) is 4.30. The number of halogens is 1. The Balaban J connectivity index is 1.70. The number of aryl methyl sites for hydroxylation is 1. The van der Waals surface area contributed by atoms with Crippen molar-refractivity contribution in [1.82, 2.24) is 4.57 Å². The molecule has 28 heavy (non-hydrogen) atoms. The quantitative estimate of drug-likeness (QED) is 0.580. The molecule has 0 aliphatic carbocycles. The van der Waals surface area contributed by atoms with Gasteiger partial charge in [0.15, 0.2) is 0 Å². The minimum absolute atomic E-state index is 0.0163. The zero-order chi connectivity index (χ0) is 20.3. The Hall–Kier alpha value is -2.85. The summed E-state index contributed by atoms with van der Waals surface area (Å²) in [5.41, 5.74) is 3.45. The first-order valence-corrected chi connectivity index (χ1v) is 9.57. The molecule has 0 bridgehead atoms. The molecule has 0 atom stereocenters. The van der Waals surface area contributed by atoms with E-state index >= 15 is 0 Å². The molecular weight excluding hydrogens is 372 g/mol. The normalized spacial score (nSPS) is 11.5. The lowest BCUT2D eigenvalue weighted by Crippen LogP contribution is -2.11. The van der Waals surface area contributed by atoms with Crippen LogP contribution in [-0.4, -0.2) is 16.3 Å². The second kappa shape index (κ2) is 8.44. The molecule has 0 spiro atoms. The van der Waals surface area contributed by atoms with Crippen molar-refractivity contribution in [1.29, 1.82) is 0 Å². The summed E-state index contributed by atoms with van der Waals surface area (Å²) in [6.45, 7) is 3.75. The van der Waals surface area contributed by atoms with Crippen molar-refractivity contribution >= 4 is 46.0 Å². The van der Waals surface area contributed by atoms with E-state index in [0.717, 1.165) is 22.0 Å². The molecule has 0 fully saturated rings. The van der Waals surface area contributed by atoms with Crippen LogP contribution in [0.15, 0.2) is 54.7 Å². The van der Waals surface area contributed by atoms with Crippen LogP contribution in [0.2, 0.25) is 5.02 Å². The predicted molar refractivity (Wildman–Crippen MR) is 116 cm³/mol. The van der Waals surface area contributed by atoms with Gasteiger partial charge in [0.05, 0.1) is 10.7 Å². The van der Waals surface area contributed by atoms with Crippen molar-refractivity contribution < 1.29 is 9.59 Å². The van der Waals surface area contributed by atoms with Gasteiger partial charge in [-0.05, 0) is 29.8 Å². The number of fused-ring (bicyclic) bond motifs is 1. The number of amides is 1. The summed E-state index contributed by atoms with van der Waals surface area (Å²) >= 11 is 6.28. The molecule has 0 aliphatic rings. The van der Waals surface area contributed by atoms with Gasteiger partial charge in [-0.25, -0.2) is 0 Å². The Morgan fingerprint density at radius 2 is 1.93 bits per heavy atom. The number of anilines is 1. The third-order valence-electron chi connectivity index (χ3n) is 4.66. The zero-order valence-electron chi connectivity index (χ0n) is 16.2. The second-order valence-corrected chi connectivity index (χ2v) is 7.55. The van der Waals surface area contributed by atoms with E-state index in [-0.39, 0.29) is 17.6 Å². The van der Waals surface area contributed by atoms with E-state index in [1.54, 1.807) is 18.2 Å². The Morgan fingerprint density at radius 1 is 1.18 bits per heavy atom. The van der Waals surface area contributed by atoms with Crippen molar-refractivity contribution in [2.45, 2.75) is 20.3 Å². The largest absolute Gasteiger partial charge is 0.350 e. The molecule has 0 saturated heterocycles. The number of carbonyl (C=O) groups excluding carboxylic acids is 2. The lowest BCUT2D eigenvalue weighted by molar-refractivity contribution is -0.121. The molecule has 2 aromatic carbocycles. The molecule has 3 aromatic rings. The molecule has 1 aromatic heterocycles. The first-order valence-electron chi connectivity index (χ1n) is 9.19. The van der Waals surface area contributed by atoms with Gasteiger partial charge < -0.3 is 9.88 Å². The minimum Gasteiger partial charge on any atom is -0.350 e. The van der Waals surface area contributed by atoms with Crippen LogP contribution in [0.3, 0.4) is 0 Å². The molecule has 0 saturated carbocycles. The van der Waals surface area contributed by atoms with Crippen LogP contribution in [0, 0.1) is 5.92 Å². The number of para-hydroxylation sites is 1. The van der Waals surface area contributed by atoms with Crippen molar-refractivity contribution in [2.75, 3.05) is 5.32 Å². The standard InChI is InChI=1S/C23H23ClN2O2/c1-15(2)22(27)13-16-8-10-20(19(24)12-16)25-23(28)11-9-17-14-26(3)21-7-5-4-6-18(17)21/h4-12,14-15H,13H2,1-3H3,(H,25,28)/b11-9+. The van der Waals surface area contributed by atoms with Crippen LogP contribution in [0.25, 0.3) is 17.0 Å². The summed E-state index contributed by atoms with van der Waals surface area (Å²) in [6, 6.07) is 13.3. The number of rotatable bonds is 6. The van der Waals surface area contributed by atoms with Gasteiger partial charge in [0.1, 0.15) is 5.78 Å². The maximum Gasteiger partial charge on any atom is 0.248 e. The number of Topliss-reactive ketones (excluding diaryl/α,β-unsaturated/α-hetero) is 1.